The van der Waals surface area contributed by atoms with E-state index in [1.807, 2.05) is 49.4 Å². The van der Waals surface area contributed by atoms with Crippen LogP contribution in [0.25, 0.3) is 0 Å². The Bertz CT molecular complexity index is 1540. The molecule has 242 valence electrons. The molecule has 2 N–H and O–H groups in total. The van der Waals surface area contributed by atoms with Gasteiger partial charge in [0.15, 0.2) is 0 Å². The molecular weight excluding hydrogens is 610 g/mol. The number of ether oxygens (including phenoxy) is 2. The molecule has 2 aromatic carbocycles. The highest BCUT2D eigenvalue weighted by atomic mass is 35.5. The second kappa shape index (κ2) is 13.0. The Labute approximate surface area is 273 Å². The topological polar surface area (TPSA) is 125 Å². The van der Waals surface area contributed by atoms with E-state index in [0.717, 1.165) is 0 Å². The molecule has 1 spiro atoms. The van der Waals surface area contributed by atoms with Crippen LogP contribution in [0.2, 0.25) is 5.02 Å². The lowest BCUT2D eigenvalue weighted by molar-refractivity contribution is -0.161. The fourth-order valence-electron chi connectivity index (χ4n) is 7.27. The van der Waals surface area contributed by atoms with Gasteiger partial charge >= 0.3 is 5.97 Å². The van der Waals surface area contributed by atoms with Gasteiger partial charge in [-0.1, -0.05) is 73.2 Å². The van der Waals surface area contributed by atoms with Crippen molar-refractivity contribution >= 4 is 41.0 Å². The van der Waals surface area contributed by atoms with E-state index in [0.29, 0.717) is 29.1 Å². The van der Waals surface area contributed by atoms with Gasteiger partial charge in [0.2, 0.25) is 11.8 Å². The number of fused-ring (bicyclic) bond motifs is 2. The van der Waals surface area contributed by atoms with E-state index >= 15 is 0 Å². The van der Waals surface area contributed by atoms with Gasteiger partial charge in [0.05, 0.1) is 30.7 Å². The third-order valence-electron chi connectivity index (χ3n) is 9.50. The maximum atomic E-state index is 14.8. The third kappa shape index (κ3) is 5.52. The van der Waals surface area contributed by atoms with Crippen molar-refractivity contribution in [2.75, 3.05) is 18.1 Å². The first kappa shape index (κ1) is 32.0. The van der Waals surface area contributed by atoms with Gasteiger partial charge in [0.25, 0.3) is 5.91 Å². The van der Waals surface area contributed by atoms with Gasteiger partial charge in [-0.15, -0.1) is 0 Å². The zero-order valence-electron chi connectivity index (χ0n) is 25.8. The zero-order chi connectivity index (χ0) is 32.6. The quantitative estimate of drug-likeness (QED) is 0.374. The Kier molecular flexibility index (Phi) is 9.05. The van der Waals surface area contributed by atoms with Crippen LogP contribution in [0.15, 0.2) is 78.9 Å². The van der Waals surface area contributed by atoms with Crippen molar-refractivity contribution < 1.29 is 33.8 Å². The van der Waals surface area contributed by atoms with Gasteiger partial charge in [0.1, 0.15) is 23.7 Å². The van der Waals surface area contributed by atoms with E-state index in [9.17, 15) is 24.3 Å². The Morgan fingerprint density at radius 2 is 1.78 bits per heavy atom. The minimum absolute atomic E-state index is 0.141. The Morgan fingerprint density at radius 1 is 1.04 bits per heavy atom. The largest absolute Gasteiger partial charge is 0.455 e. The molecule has 0 saturated carbocycles. The van der Waals surface area contributed by atoms with E-state index in [-0.39, 0.29) is 25.5 Å². The molecule has 0 aromatic heterocycles. The minimum Gasteiger partial charge on any atom is -0.455 e. The molecule has 0 unspecified atom stereocenters. The molecule has 2 aromatic rings. The number of anilines is 1. The first-order valence-corrected chi connectivity index (χ1v) is 16.1. The number of nitrogens with one attached hydrogen (secondary N) is 1. The fraction of sp³-hybridized carbons (Fsp3) is 0.429. The number of aliphatic hydroxyl groups excluding tert-OH is 1. The molecule has 10 nitrogen and oxygen atoms in total. The molecule has 8 atom stereocenters. The van der Waals surface area contributed by atoms with Crippen LogP contribution in [0.3, 0.4) is 0 Å². The van der Waals surface area contributed by atoms with Crippen LogP contribution in [-0.4, -0.2) is 76.7 Å². The van der Waals surface area contributed by atoms with Gasteiger partial charge in [-0.3, -0.25) is 19.2 Å². The first-order chi connectivity index (χ1) is 22.2. The standard InChI is InChI=1S/C35H38ClN3O7/c1-3-24(20-40)39-31-33(43)38(25-15-13-23(36)14-16-25)19-9-5-8-12-27(41)37-21(2)30(22-10-6-4-7-11-22)45-34(44)28-26-17-18-35(31,46-26)29(28)32(39)42/h4-7,9-11,13-18,21,24,26,28-31,40H,3,8,12,19-20H2,1-2H3,(H,37,41)/b9-5-/t21-,24+,26+,28-,29-,30+,31+,35-/m1/s1. The molecule has 0 radical (unpaired) electrons. The molecule has 46 heavy (non-hydrogen) atoms. The van der Waals surface area contributed by atoms with Crippen molar-refractivity contribution in [1.82, 2.24) is 10.2 Å². The minimum atomic E-state index is -1.45. The number of carbonyl (C=O) groups excluding carboxylic acids is 4. The summed E-state index contributed by atoms with van der Waals surface area (Å²) in [7, 11) is 0. The van der Waals surface area contributed by atoms with Crippen molar-refractivity contribution in [3.05, 3.63) is 89.5 Å². The SMILES string of the molecule is CC[C@@H](CO)N1C(=O)[C@H]2[C@@H]3C(=O)O[C@H](c4ccccc4)[C@@H](C)NC(=O)CC/C=C\CN(c4ccc(Cl)cc4)C(=O)[C@H]1[C@@]21C=C[C@@H]3O1. The number of allylic oxidation sites excluding steroid dienone is 1. The Balaban J connectivity index is 1.46. The molecule has 4 heterocycles. The molecule has 2 fully saturated rings. The third-order valence-corrected chi connectivity index (χ3v) is 9.76. The summed E-state index contributed by atoms with van der Waals surface area (Å²) < 4.78 is 12.7. The Morgan fingerprint density at radius 3 is 2.48 bits per heavy atom. The zero-order valence-corrected chi connectivity index (χ0v) is 26.5. The van der Waals surface area contributed by atoms with Gasteiger partial charge in [-0.05, 0) is 49.6 Å². The highest BCUT2D eigenvalue weighted by Gasteiger charge is 2.74. The summed E-state index contributed by atoms with van der Waals surface area (Å²) in [6, 6.07) is 13.5. The summed E-state index contributed by atoms with van der Waals surface area (Å²) in [5, 5.41) is 13.9. The number of cyclic esters (lactones) is 1. The number of amides is 3. The van der Waals surface area contributed by atoms with Gasteiger partial charge in [-0.25, -0.2) is 0 Å². The van der Waals surface area contributed by atoms with Gasteiger partial charge < -0.3 is 29.7 Å². The molecule has 4 aliphatic rings. The average molecular weight is 648 g/mol. The summed E-state index contributed by atoms with van der Waals surface area (Å²) in [6.07, 6.45) is 6.46. The summed E-state index contributed by atoms with van der Waals surface area (Å²) in [5.74, 6) is -3.83. The van der Waals surface area contributed by atoms with Gasteiger partial charge in [-0.2, -0.15) is 0 Å². The molecular formula is C35H38ClN3O7. The molecule has 4 aliphatic heterocycles. The Hall–Kier alpha value is -3.99. The highest BCUT2D eigenvalue weighted by molar-refractivity contribution is 6.30. The monoisotopic (exact) mass is 647 g/mol. The number of likely N-dealkylation sites (tertiary alicyclic amines) is 1. The summed E-state index contributed by atoms with van der Waals surface area (Å²) >= 11 is 6.17. The van der Waals surface area contributed by atoms with Crippen molar-refractivity contribution in [2.45, 2.75) is 69.0 Å². The van der Waals surface area contributed by atoms with E-state index in [4.69, 9.17) is 21.1 Å². The van der Waals surface area contributed by atoms with Crippen molar-refractivity contribution in [2.24, 2.45) is 11.8 Å². The maximum Gasteiger partial charge on any atom is 0.313 e. The van der Waals surface area contributed by atoms with Crippen molar-refractivity contribution in [3.63, 3.8) is 0 Å². The highest BCUT2D eigenvalue weighted by Crippen LogP contribution is 2.56. The lowest BCUT2D eigenvalue weighted by atomic mass is 9.74. The average Bonchev–Trinajstić information content (AvgIpc) is 3.70. The van der Waals surface area contributed by atoms with E-state index in [2.05, 4.69) is 5.32 Å². The van der Waals surface area contributed by atoms with E-state index < -0.39 is 65.6 Å². The van der Waals surface area contributed by atoms with Crippen LogP contribution in [0.5, 0.6) is 0 Å². The molecule has 11 heteroatoms. The van der Waals surface area contributed by atoms with Crippen molar-refractivity contribution in [1.29, 1.82) is 0 Å². The number of hydrogen-bond acceptors (Lipinski definition) is 7. The maximum absolute atomic E-state index is 14.8. The fourth-order valence-corrected chi connectivity index (χ4v) is 7.40. The lowest BCUT2D eigenvalue weighted by Crippen LogP contribution is -2.58. The number of halogens is 1. The predicted octanol–water partition coefficient (Wildman–Crippen LogP) is 3.73. The number of carbonyl (C=O) groups is 4. The molecule has 5 bridgehead atoms. The van der Waals surface area contributed by atoms with Crippen LogP contribution < -0.4 is 10.2 Å². The number of aliphatic hydroxyl groups is 1. The first-order valence-electron chi connectivity index (χ1n) is 15.8. The lowest BCUT2D eigenvalue weighted by Gasteiger charge is -2.38. The number of esters is 1. The predicted molar refractivity (Wildman–Crippen MR) is 171 cm³/mol. The second-order valence-corrected chi connectivity index (χ2v) is 12.7. The van der Waals surface area contributed by atoms with Crippen molar-refractivity contribution in [3.8, 4) is 0 Å². The summed E-state index contributed by atoms with van der Waals surface area (Å²) in [4.78, 5) is 59.3. The molecule has 0 aliphatic carbocycles. The molecule has 3 amide bonds. The van der Waals surface area contributed by atoms with Gasteiger partial charge in [0, 0.05) is 23.7 Å². The number of rotatable bonds is 5. The number of nitrogens with zero attached hydrogens (tertiary/aromatic N) is 2. The second-order valence-electron chi connectivity index (χ2n) is 12.3. The normalized spacial score (nSPS) is 32.7. The van der Waals surface area contributed by atoms with E-state index in [1.54, 1.807) is 48.2 Å². The van der Waals surface area contributed by atoms with Crippen LogP contribution in [0, 0.1) is 11.8 Å². The smallest absolute Gasteiger partial charge is 0.313 e. The summed E-state index contributed by atoms with van der Waals surface area (Å²) in [5.41, 5.74) is -0.214. The molecule has 2 saturated heterocycles. The van der Waals surface area contributed by atoms with Crippen LogP contribution in [-0.2, 0) is 28.7 Å². The number of benzene rings is 2. The number of hydrogen-bond donors (Lipinski definition) is 2. The molecule has 6 rings (SSSR count). The summed E-state index contributed by atoms with van der Waals surface area (Å²) in [6.45, 7) is 3.38. The van der Waals surface area contributed by atoms with Crippen LogP contribution >= 0.6 is 11.6 Å². The van der Waals surface area contributed by atoms with Crippen LogP contribution in [0.1, 0.15) is 44.8 Å². The van der Waals surface area contributed by atoms with Crippen LogP contribution in [0.4, 0.5) is 5.69 Å². The van der Waals surface area contributed by atoms with E-state index in [1.165, 1.54) is 4.90 Å².